The van der Waals surface area contributed by atoms with Crippen molar-refractivity contribution in [2.45, 2.75) is 36.7 Å². The second-order valence-electron chi connectivity index (χ2n) is 6.98. The molecule has 1 aliphatic rings. The number of rotatable bonds is 9. The Balaban J connectivity index is 1.49. The van der Waals surface area contributed by atoms with Gasteiger partial charge in [-0.15, -0.1) is 13.2 Å². The number of nitrogens with one attached hydrogen (secondary N) is 1. The summed E-state index contributed by atoms with van der Waals surface area (Å²) >= 11 is 0. The van der Waals surface area contributed by atoms with Crippen LogP contribution in [0, 0.1) is 0 Å². The molecule has 0 spiro atoms. The van der Waals surface area contributed by atoms with Gasteiger partial charge in [0.1, 0.15) is 29.1 Å². The molecule has 31 heavy (non-hydrogen) atoms. The monoisotopic (exact) mass is 464 g/mol. The highest BCUT2D eigenvalue weighted by atomic mass is 32.2. The Hall–Kier alpha value is -2.24. The lowest BCUT2D eigenvalue weighted by molar-refractivity contribution is -0.274. The van der Waals surface area contributed by atoms with Gasteiger partial charge in [-0.1, -0.05) is 18.2 Å². The van der Waals surface area contributed by atoms with E-state index in [1.54, 1.807) is 24.3 Å². The largest absolute Gasteiger partial charge is 0.573 e. The van der Waals surface area contributed by atoms with Crippen LogP contribution in [0.1, 0.15) is 12.0 Å². The van der Waals surface area contributed by atoms with E-state index < -0.39 is 36.1 Å². The van der Waals surface area contributed by atoms with Crippen LogP contribution >= 0.6 is 0 Å². The van der Waals surface area contributed by atoms with E-state index in [0.717, 1.165) is 30.7 Å². The Morgan fingerprint density at radius 3 is 2.55 bits per heavy atom. The summed E-state index contributed by atoms with van der Waals surface area (Å²) in [5, 5.41) is 0. The van der Waals surface area contributed by atoms with Gasteiger partial charge in [-0.25, -0.2) is 17.7 Å². The number of hydrogen-bond donors (Lipinski definition) is 1. The summed E-state index contributed by atoms with van der Waals surface area (Å²) in [7, 11) is -1.68. The molecule has 0 bridgehead atoms. The molecule has 2 atom stereocenters. The van der Waals surface area contributed by atoms with Crippen LogP contribution in [0.25, 0.3) is 0 Å². The SMILES string of the molecule is O=S(N[C@@H]1CCN(Cc2ccc(OCC(F)F)cc2)C1)c1cccc(OC(F)(F)F)c1. The second kappa shape index (κ2) is 10.4. The summed E-state index contributed by atoms with van der Waals surface area (Å²) < 4.78 is 85.7. The number of halogens is 5. The molecular formula is C20H21F5N2O3S. The fourth-order valence-corrected chi connectivity index (χ4v) is 4.24. The first-order chi connectivity index (χ1) is 14.7. The average molecular weight is 464 g/mol. The summed E-state index contributed by atoms with van der Waals surface area (Å²) in [5.41, 5.74) is 0.975. The van der Waals surface area contributed by atoms with Gasteiger partial charge < -0.3 is 9.47 Å². The van der Waals surface area contributed by atoms with Crippen molar-refractivity contribution in [2.75, 3.05) is 19.7 Å². The highest BCUT2D eigenvalue weighted by Gasteiger charge is 2.31. The molecule has 0 radical (unpaired) electrons. The van der Waals surface area contributed by atoms with Crippen molar-refractivity contribution in [3.8, 4) is 11.5 Å². The molecule has 11 heteroatoms. The number of ether oxygens (including phenoxy) is 2. The summed E-state index contributed by atoms with van der Waals surface area (Å²) in [5.74, 6) is -0.0497. The minimum Gasteiger partial charge on any atom is -0.488 e. The molecule has 1 heterocycles. The summed E-state index contributed by atoms with van der Waals surface area (Å²) in [4.78, 5) is 2.33. The van der Waals surface area contributed by atoms with Crippen LogP contribution in [0.5, 0.6) is 11.5 Å². The first kappa shape index (κ1) is 23.4. The maximum atomic E-state index is 12.5. The van der Waals surface area contributed by atoms with Gasteiger partial charge in [0.2, 0.25) is 0 Å². The smallest absolute Gasteiger partial charge is 0.488 e. The Bertz CT molecular complexity index is 880. The normalized spacial score (nSPS) is 18.3. The number of likely N-dealkylation sites (tertiary alicyclic amines) is 1. The quantitative estimate of drug-likeness (QED) is 0.568. The van der Waals surface area contributed by atoms with Crippen molar-refractivity contribution in [3.63, 3.8) is 0 Å². The van der Waals surface area contributed by atoms with Gasteiger partial charge in [-0.2, -0.15) is 0 Å². The molecule has 0 saturated carbocycles. The van der Waals surface area contributed by atoms with Crippen molar-refractivity contribution in [1.29, 1.82) is 0 Å². The van der Waals surface area contributed by atoms with Crippen molar-refractivity contribution < 1.29 is 35.6 Å². The third-order valence-corrected chi connectivity index (χ3v) is 5.73. The van der Waals surface area contributed by atoms with Gasteiger partial charge in [0.25, 0.3) is 6.43 Å². The molecule has 2 aromatic rings. The number of nitrogens with zero attached hydrogens (tertiary/aromatic N) is 1. The van der Waals surface area contributed by atoms with E-state index in [2.05, 4.69) is 14.4 Å². The Kier molecular flexibility index (Phi) is 7.84. The predicted octanol–water partition coefficient (Wildman–Crippen LogP) is 4.12. The van der Waals surface area contributed by atoms with Gasteiger partial charge in [-0.05, 0) is 42.3 Å². The van der Waals surface area contributed by atoms with Crippen molar-refractivity contribution in [1.82, 2.24) is 9.62 Å². The minimum atomic E-state index is -4.81. The maximum Gasteiger partial charge on any atom is 0.573 e. The minimum absolute atomic E-state index is 0.0957. The van der Waals surface area contributed by atoms with Crippen LogP contribution < -0.4 is 14.2 Å². The van der Waals surface area contributed by atoms with Gasteiger partial charge in [0.15, 0.2) is 0 Å². The molecule has 170 valence electrons. The maximum absolute atomic E-state index is 12.5. The zero-order valence-electron chi connectivity index (χ0n) is 16.3. The van der Waals surface area contributed by atoms with E-state index in [0.29, 0.717) is 18.8 Å². The number of hydrogen-bond acceptors (Lipinski definition) is 4. The third kappa shape index (κ3) is 7.75. The predicted molar refractivity (Wildman–Crippen MR) is 104 cm³/mol. The lowest BCUT2D eigenvalue weighted by Gasteiger charge is -2.17. The Morgan fingerprint density at radius 1 is 1.13 bits per heavy atom. The van der Waals surface area contributed by atoms with E-state index in [9.17, 15) is 26.2 Å². The summed E-state index contributed by atoms with van der Waals surface area (Å²) in [6, 6.07) is 11.8. The van der Waals surface area contributed by atoms with E-state index in [-0.39, 0.29) is 10.9 Å². The molecule has 5 nitrogen and oxygen atoms in total. The van der Waals surface area contributed by atoms with Crippen molar-refractivity contribution in [3.05, 3.63) is 54.1 Å². The van der Waals surface area contributed by atoms with E-state index in [1.807, 2.05) is 0 Å². The molecule has 0 aromatic heterocycles. The zero-order chi connectivity index (χ0) is 22.4. The standard InChI is InChI=1S/C20H21F5N2O3S/c21-19(22)13-29-16-6-4-14(5-7-16)11-27-9-8-15(12-27)26-31(28)18-3-1-2-17(10-18)30-20(23,24)25/h1-7,10,15,19,26H,8-9,11-13H2/t15-,31?/m1/s1. The van der Waals surface area contributed by atoms with Gasteiger partial charge in [0, 0.05) is 25.7 Å². The van der Waals surface area contributed by atoms with E-state index in [4.69, 9.17) is 4.74 Å². The van der Waals surface area contributed by atoms with Crippen LogP contribution in [0.3, 0.4) is 0 Å². The summed E-state index contributed by atoms with van der Waals surface area (Å²) in [6.45, 7) is 1.32. The molecule has 2 aromatic carbocycles. The molecule has 1 saturated heterocycles. The van der Waals surface area contributed by atoms with Crippen LogP contribution in [-0.4, -0.2) is 47.6 Å². The highest BCUT2D eigenvalue weighted by molar-refractivity contribution is 7.83. The van der Waals surface area contributed by atoms with E-state index in [1.165, 1.54) is 12.1 Å². The van der Waals surface area contributed by atoms with Gasteiger partial charge >= 0.3 is 6.36 Å². The molecule has 1 N–H and O–H groups in total. The first-order valence-corrected chi connectivity index (χ1v) is 10.6. The van der Waals surface area contributed by atoms with Crippen LogP contribution in [-0.2, 0) is 17.5 Å². The Morgan fingerprint density at radius 2 is 1.87 bits per heavy atom. The number of alkyl halides is 5. The first-order valence-electron chi connectivity index (χ1n) is 9.44. The lowest BCUT2D eigenvalue weighted by Crippen LogP contribution is -2.33. The molecule has 0 aliphatic carbocycles. The molecule has 1 aliphatic heterocycles. The fourth-order valence-electron chi connectivity index (χ4n) is 3.19. The zero-order valence-corrected chi connectivity index (χ0v) is 17.1. The van der Waals surface area contributed by atoms with Crippen LogP contribution in [0.15, 0.2) is 53.4 Å². The third-order valence-electron chi connectivity index (χ3n) is 4.50. The molecule has 0 amide bonds. The van der Waals surface area contributed by atoms with E-state index >= 15 is 0 Å². The highest BCUT2D eigenvalue weighted by Crippen LogP contribution is 2.24. The molecule has 1 fully saturated rings. The molecule has 1 unspecified atom stereocenters. The number of benzene rings is 2. The van der Waals surface area contributed by atoms with Gasteiger partial charge in [-0.3, -0.25) is 4.90 Å². The Labute approximate surface area is 178 Å². The van der Waals surface area contributed by atoms with Crippen molar-refractivity contribution in [2.24, 2.45) is 0 Å². The topological polar surface area (TPSA) is 50.8 Å². The average Bonchev–Trinajstić information content (AvgIpc) is 3.13. The lowest BCUT2D eigenvalue weighted by atomic mass is 10.2. The van der Waals surface area contributed by atoms with Crippen LogP contribution in [0.2, 0.25) is 0 Å². The summed E-state index contributed by atoms with van der Waals surface area (Å²) in [6.07, 6.45) is -6.62. The second-order valence-corrected chi connectivity index (χ2v) is 8.22. The molecular weight excluding hydrogens is 443 g/mol. The fraction of sp³-hybridized carbons (Fsp3) is 0.400. The van der Waals surface area contributed by atoms with Crippen LogP contribution in [0.4, 0.5) is 22.0 Å². The van der Waals surface area contributed by atoms with Gasteiger partial charge in [0.05, 0.1) is 4.90 Å². The van der Waals surface area contributed by atoms with Crippen molar-refractivity contribution >= 4 is 11.0 Å². The molecule has 3 rings (SSSR count).